The minimum absolute atomic E-state index is 0.367. The second kappa shape index (κ2) is 6.81. The van der Waals surface area contributed by atoms with Gasteiger partial charge in [0.1, 0.15) is 5.75 Å². The summed E-state index contributed by atoms with van der Waals surface area (Å²) in [5.74, 6) is 0.752. The van der Waals surface area contributed by atoms with Crippen LogP contribution in [0.5, 0.6) is 11.8 Å². The molecule has 5 heteroatoms. The molecule has 0 bridgehead atoms. The van der Waals surface area contributed by atoms with E-state index in [1.807, 2.05) is 26.0 Å². The molecule has 0 aliphatic rings. The van der Waals surface area contributed by atoms with Crippen LogP contribution in [0.1, 0.15) is 23.6 Å². The van der Waals surface area contributed by atoms with Crippen molar-refractivity contribution in [2.24, 2.45) is 0 Å². The Morgan fingerprint density at radius 3 is 2.30 bits per heavy atom. The van der Waals surface area contributed by atoms with Crippen molar-refractivity contribution in [3.8, 4) is 11.8 Å². The second-order valence-corrected chi connectivity index (χ2v) is 5.42. The molecule has 0 radical (unpaired) electrons. The Bertz CT molecular complexity index is 561. The number of nitrogens with one attached hydrogen (secondary N) is 1. The molecule has 0 saturated carbocycles. The van der Waals surface area contributed by atoms with E-state index in [9.17, 15) is 0 Å². The zero-order valence-corrected chi connectivity index (χ0v) is 13.5. The SMILES string of the molecule is CCNCc1cnc(Oc2cc(C)c(Br)c(C)c2)nc1. The lowest BCUT2D eigenvalue weighted by atomic mass is 10.1. The van der Waals surface area contributed by atoms with E-state index in [1.54, 1.807) is 12.4 Å². The number of hydrogen-bond acceptors (Lipinski definition) is 4. The third kappa shape index (κ3) is 3.77. The number of rotatable bonds is 5. The summed E-state index contributed by atoms with van der Waals surface area (Å²) in [6.07, 6.45) is 3.56. The van der Waals surface area contributed by atoms with Crippen molar-refractivity contribution in [2.75, 3.05) is 6.54 Å². The molecule has 1 aromatic heterocycles. The number of ether oxygens (including phenoxy) is 1. The Kier molecular flexibility index (Phi) is 5.09. The number of benzene rings is 1. The predicted molar refractivity (Wildman–Crippen MR) is 83.1 cm³/mol. The van der Waals surface area contributed by atoms with Crippen molar-refractivity contribution in [2.45, 2.75) is 27.3 Å². The highest BCUT2D eigenvalue weighted by Crippen LogP contribution is 2.28. The predicted octanol–water partition coefficient (Wildman–Crippen LogP) is 3.76. The van der Waals surface area contributed by atoms with Gasteiger partial charge in [0.05, 0.1) is 0 Å². The minimum Gasteiger partial charge on any atom is -0.424 e. The molecule has 0 atom stereocenters. The molecule has 0 fully saturated rings. The molecule has 0 saturated heterocycles. The fourth-order valence-corrected chi connectivity index (χ4v) is 2.06. The molecule has 1 aromatic carbocycles. The summed E-state index contributed by atoms with van der Waals surface area (Å²) in [5, 5.41) is 3.23. The van der Waals surface area contributed by atoms with Crippen LogP contribution in [0.25, 0.3) is 0 Å². The molecule has 0 amide bonds. The first-order valence-electron chi connectivity index (χ1n) is 6.56. The van der Waals surface area contributed by atoms with Crippen molar-refractivity contribution >= 4 is 15.9 Å². The minimum atomic E-state index is 0.367. The molecule has 4 nitrogen and oxygen atoms in total. The van der Waals surface area contributed by atoms with Gasteiger partial charge in [-0.1, -0.05) is 22.9 Å². The van der Waals surface area contributed by atoms with E-state index >= 15 is 0 Å². The molecule has 0 unspecified atom stereocenters. The molecular formula is C15H18BrN3O. The molecule has 2 aromatic rings. The van der Waals surface area contributed by atoms with Gasteiger partial charge in [-0.3, -0.25) is 0 Å². The Morgan fingerprint density at radius 2 is 1.75 bits per heavy atom. The van der Waals surface area contributed by atoms with Gasteiger partial charge < -0.3 is 10.1 Å². The van der Waals surface area contributed by atoms with E-state index < -0.39 is 0 Å². The molecule has 0 spiro atoms. The lowest BCUT2D eigenvalue weighted by Gasteiger charge is -2.09. The van der Waals surface area contributed by atoms with Crippen molar-refractivity contribution in [3.63, 3.8) is 0 Å². The van der Waals surface area contributed by atoms with Crippen molar-refractivity contribution in [1.29, 1.82) is 0 Å². The first-order chi connectivity index (χ1) is 9.60. The van der Waals surface area contributed by atoms with Gasteiger partial charge in [-0.15, -0.1) is 0 Å². The van der Waals surface area contributed by atoms with Gasteiger partial charge in [0.15, 0.2) is 0 Å². The molecule has 1 N–H and O–H groups in total. The monoisotopic (exact) mass is 335 g/mol. The fraction of sp³-hybridized carbons (Fsp3) is 0.333. The number of halogens is 1. The number of aryl methyl sites for hydroxylation is 2. The van der Waals surface area contributed by atoms with Crippen LogP contribution in [0.15, 0.2) is 29.0 Å². The Balaban J connectivity index is 2.10. The molecule has 0 aliphatic carbocycles. The van der Waals surface area contributed by atoms with E-state index in [-0.39, 0.29) is 0 Å². The third-order valence-electron chi connectivity index (χ3n) is 2.88. The largest absolute Gasteiger partial charge is 0.424 e. The number of aromatic nitrogens is 2. The van der Waals surface area contributed by atoms with Gasteiger partial charge in [0.25, 0.3) is 0 Å². The van der Waals surface area contributed by atoms with Crippen LogP contribution in [0.4, 0.5) is 0 Å². The van der Waals surface area contributed by atoms with E-state index in [4.69, 9.17) is 4.74 Å². The summed E-state index contributed by atoms with van der Waals surface area (Å²) < 4.78 is 6.79. The highest BCUT2D eigenvalue weighted by atomic mass is 79.9. The van der Waals surface area contributed by atoms with Crippen molar-refractivity contribution in [3.05, 3.63) is 45.7 Å². The first kappa shape index (κ1) is 14.9. The summed E-state index contributed by atoms with van der Waals surface area (Å²) in [6.45, 7) is 7.83. The van der Waals surface area contributed by atoms with Crippen LogP contribution in [0.2, 0.25) is 0 Å². The van der Waals surface area contributed by atoms with Crippen LogP contribution in [0, 0.1) is 13.8 Å². The maximum absolute atomic E-state index is 5.69. The lowest BCUT2D eigenvalue weighted by Crippen LogP contribution is -2.12. The molecule has 106 valence electrons. The zero-order valence-electron chi connectivity index (χ0n) is 11.9. The highest BCUT2D eigenvalue weighted by Gasteiger charge is 2.06. The Hall–Kier alpha value is -1.46. The highest BCUT2D eigenvalue weighted by molar-refractivity contribution is 9.10. The summed E-state index contributed by atoms with van der Waals surface area (Å²) in [5.41, 5.74) is 3.30. The molecule has 1 heterocycles. The van der Waals surface area contributed by atoms with E-state index in [1.165, 1.54) is 0 Å². The van der Waals surface area contributed by atoms with Gasteiger partial charge in [-0.25, -0.2) is 9.97 Å². The number of hydrogen-bond donors (Lipinski definition) is 1. The zero-order chi connectivity index (χ0) is 14.5. The Morgan fingerprint density at radius 1 is 1.15 bits per heavy atom. The van der Waals surface area contributed by atoms with E-state index in [2.05, 4.69) is 38.1 Å². The van der Waals surface area contributed by atoms with Crippen molar-refractivity contribution < 1.29 is 4.74 Å². The van der Waals surface area contributed by atoms with Gasteiger partial charge in [0.2, 0.25) is 0 Å². The van der Waals surface area contributed by atoms with E-state index in [0.29, 0.717) is 6.01 Å². The summed E-state index contributed by atoms with van der Waals surface area (Å²) in [4.78, 5) is 8.45. The van der Waals surface area contributed by atoms with Gasteiger partial charge in [-0.2, -0.15) is 0 Å². The lowest BCUT2D eigenvalue weighted by molar-refractivity contribution is 0.440. The first-order valence-corrected chi connectivity index (χ1v) is 7.35. The maximum atomic E-state index is 5.69. The summed E-state index contributed by atoms with van der Waals surface area (Å²) >= 11 is 3.54. The van der Waals surface area contributed by atoms with Crippen LogP contribution in [0.3, 0.4) is 0 Å². The van der Waals surface area contributed by atoms with Crippen LogP contribution >= 0.6 is 15.9 Å². The molecular weight excluding hydrogens is 318 g/mol. The standard InChI is InChI=1S/C15H18BrN3O/c1-4-17-7-12-8-18-15(19-9-12)20-13-5-10(2)14(16)11(3)6-13/h5-6,8-9,17H,4,7H2,1-3H3. The average molecular weight is 336 g/mol. The quantitative estimate of drug-likeness (QED) is 0.903. The van der Waals surface area contributed by atoms with Crippen LogP contribution < -0.4 is 10.1 Å². The van der Waals surface area contributed by atoms with E-state index in [0.717, 1.165) is 40.0 Å². The fourth-order valence-electron chi connectivity index (χ4n) is 1.83. The smallest absolute Gasteiger partial charge is 0.321 e. The molecule has 20 heavy (non-hydrogen) atoms. The molecule has 0 aliphatic heterocycles. The second-order valence-electron chi connectivity index (χ2n) is 4.63. The maximum Gasteiger partial charge on any atom is 0.321 e. The normalized spacial score (nSPS) is 10.6. The summed E-state index contributed by atoms with van der Waals surface area (Å²) in [6, 6.07) is 4.30. The van der Waals surface area contributed by atoms with Crippen LogP contribution in [-0.2, 0) is 6.54 Å². The van der Waals surface area contributed by atoms with Gasteiger partial charge in [-0.05, 0) is 43.7 Å². The van der Waals surface area contributed by atoms with Crippen LogP contribution in [-0.4, -0.2) is 16.5 Å². The molecule has 2 rings (SSSR count). The summed E-state index contributed by atoms with van der Waals surface area (Å²) in [7, 11) is 0. The third-order valence-corrected chi connectivity index (χ3v) is 4.13. The van der Waals surface area contributed by atoms with Crippen molar-refractivity contribution in [1.82, 2.24) is 15.3 Å². The Labute approximate surface area is 127 Å². The van der Waals surface area contributed by atoms with Gasteiger partial charge >= 0.3 is 6.01 Å². The van der Waals surface area contributed by atoms with Gasteiger partial charge in [0, 0.05) is 29.0 Å². The topological polar surface area (TPSA) is 47.0 Å². The number of nitrogens with zero attached hydrogens (tertiary/aromatic N) is 2. The average Bonchev–Trinajstić information content (AvgIpc) is 2.44.